The van der Waals surface area contributed by atoms with E-state index in [1.165, 1.54) is 35.6 Å². The van der Waals surface area contributed by atoms with Gasteiger partial charge in [0.2, 0.25) is 10.0 Å². The second-order valence-corrected chi connectivity index (χ2v) is 7.75. The third-order valence-electron chi connectivity index (χ3n) is 3.79. The SMILES string of the molecule is CN(Cc1cnc2ccccc2c1)S(=O)(=O)Cc1ccc(F)cc1. The van der Waals surface area contributed by atoms with Gasteiger partial charge in [-0.15, -0.1) is 0 Å². The Hall–Kier alpha value is -2.31. The topological polar surface area (TPSA) is 50.3 Å². The average molecular weight is 344 g/mol. The molecule has 0 atom stereocenters. The molecule has 6 heteroatoms. The lowest BCUT2D eigenvalue weighted by Gasteiger charge is -2.17. The minimum atomic E-state index is -3.49. The quantitative estimate of drug-likeness (QED) is 0.713. The van der Waals surface area contributed by atoms with Gasteiger partial charge >= 0.3 is 0 Å². The predicted octanol–water partition coefficient (Wildman–Crippen LogP) is 3.34. The molecule has 0 amide bonds. The van der Waals surface area contributed by atoms with E-state index in [2.05, 4.69) is 4.98 Å². The molecule has 0 aliphatic carbocycles. The van der Waals surface area contributed by atoms with Crippen molar-refractivity contribution in [3.63, 3.8) is 0 Å². The molecule has 2 aromatic carbocycles. The molecule has 0 saturated heterocycles. The van der Waals surface area contributed by atoms with Crippen molar-refractivity contribution in [2.24, 2.45) is 0 Å². The van der Waals surface area contributed by atoms with E-state index in [-0.39, 0.29) is 18.1 Å². The highest BCUT2D eigenvalue weighted by Gasteiger charge is 2.19. The van der Waals surface area contributed by atoms with Gasteiger partial charge in [0.1, 0.15) is 5.82 Å². The van der Waals surface area contributed by atoms with Gasteiger partial charge < -0.3 is 0 Å². The van der Waals surface area contributed by atoms with E-state index in [1.807, 2.05) is 30.3 Å². The van der Waals surface area contributed by atoms with E-state index < -0.39 is 10.0 Å². The van der Waals surface area contributed by atoms with Crippen LogP contribution in [0, 0.1) is 5.82 Å². The number of sulfonamides is 1. The van der Waals surface area contributed by atoms with Crippen LogP contribution in [0.3, 0.4) is 0 Å². The smallest absolute Gasteiger partial charge is 0.218 e. The van der Waals surface area contributed by atoms with Crippen molar-refractivity contribution in [2.75, 3.05) is 7.05 Å². The molecule has 1 aromatic heterocycles. The Labute approximate surface area is 140 Å². The van der Waals surface area contributed by atoms with Crippen LogP contribution in [-0.2, 0) is 22.3 Å². The van der Waals surface area contributed by atoms with Gasteiger partial charge in [-0.05, 0) is 35.4 Å². The molecule has 0 saturated carbocycles. The number of hydrogen-bond donors (Lipinski definition) is 0. The molecular formula is C18H17FN2O2S. The fourth-order valence-electron chi connectivity index (χ4n) is 2.46. The van der Waals surface area contributed by atoms with E-state index in [0.29, 0.717) is 5.56 Å². The summed E-state index contributed by atoms with van der Waals surface area (Å²) in [5.74, 6) is -0.545. The summed E-state index contributed by atoms with van der Waals surface area (Å²) < 4.78 is 39.1. The zero-order chi connectivity index (χ0) is 17.2. The fourth-order valence-corrected chi connectivity index (χ4v) is 3.64. The van der Waals surface area contributed by atoms with Gasteiger partial charge in [-0.25, -0.2) is 17.1 Å². The zero-order valence-corrected chi connectivity index (χ0v) is 14.0. The molecular weight excluding hydrogens is 327 g/mol. The second-order valence-electron chi connectivity index (χ2n) is 5.68. The van der Waals surface area contributed by atoms with Gasteiger partial charge in [0.05, 0.1) is 11.3 Å². The number of benzene rings is 2. The maximum atomic E-state index is 12.9. The van der Waals surface area contributed by atoms with Crippen LogP contribution in [0.1, 0.15) is 11.1 Å². The number of para-hydroxylation sites is 1. The Morgan fingerprint density at radius 2 is 1.75 bits per heavy atom. The van der Waals surface area contributed by atoms with Gasteiger partial charge in [0.25, 0.3) is 0 Å². The molecule has 0 radical (unpaired) electrons. The highest BCUT2D eigenvalue weighted by atomic mass is 32.2. The monoisotopic (exact) mass is 344 g/mol. The molecule has 0 spiro atoms. The first-order valence-corrected chi connectivity index (χ1v) is 9.07. The molecule has 4 nitrogen and oxygen atoms in total. The van der Waals surface area contributed by atoms with E-state index in [9.17, 15) is 12.8 Å². The summed E-state index contributed by atoms with van der Waals surface area (Å²) >= 11 is 0. The number of hydrogen-bond acceptors (Lipinski definition) is 3. The number of fused-ring (bicyclic) bond motifs is 1. The van der Waals surface area contributed by atoms with Gasteiger partial charge in [-0.2, -0.15) is 0 Å². The molecule has 3 rings (SSSR count). The van der Waals surface area contributed by atoms with Crippen LogP contribution in [0.15, 0.2) is 60.8 Å². The molecule has 0 bridgehead atoms. The maximum absolute atomic E-state index is 12.9. The minimum absolute atomic E-state index is 0.162. The highest BCUT2D eigenvalue weighted by molar-refractivity contribution is 7.88. The van der Waals surface area contributed by atoms with Crippen molar-refractivity contribution in [2.45, 2.75) is 12.3 Å². The summed E-state index contributed by atoms with van der Waals surface area (Å²) in [7, 11) is -1.96. The Morgan fingerprint density at radius 1 is 1.04 bits per heavy atom. The van der Waals surface area contributed by atoms with Crippen LogP contribution in [0.2, 0.25) is 0 Å². The Morgan fingerprint density at radius 3 is 2.50 bits per heavy atom. The standard InChI is InChI=1S/C18H17FN2O2S/c1-21(24(22,23)13-14-6-8-17(19)9-7-14)12-15-10-16-4-2-3-5-18(16)20-11-15/h2-11H,12-13H2,1H3. The number of rotatable bonds is 5. The highest BCUT2D eigenvalue weighted by Crippen LogP contribution is 2.16. The normalized spacial score (nSPS) is 12.0. The van der Waals surface area contributed by atoms with Crippen molar-refractivity contribution in [1.82, 2.24) is 9.29 Å². The average Bonchev–Trinajstić information content (AvgIpc) is 2.56. The largest absolute Gasteiger partial charge is 0.256 e. The predicted molar refractivity (Wildman–Crippen MR) is 92.2 cm³/mol. The molecule has 3 aromatic rings. The zero-order valence-electron chi connectivity index (χ0n) is 13.2. The lowest BCUT2D eigenvalue weighted by molar-refractivity contribution is 0.465. The van der Waals surface area contributed by atoms with Crippen LogP contribution in [-0.4, -0.2) is 24.8 Å². The lowest BCUT2D eigenvalue weighted by Crippen LogP contribution is -2.27. The Balaban J connectivity index is 1.76. The number of nitrogens with zero attached hydrogens (tertiary/aromatic N) is 2. The molecule has 0 aliphatic rings. The molecule has 124 valence electrons. The van der Waals surface area contributed by atoms with Crippen molar-refractivity contribution in [3.8, 4) is 0 Å². The number of aromatic nitrogens is 1. The van der Waals surface area contributed by atoms with Crippen LogP contribution in [0.25, 0.3) is 10.9 Å². The minimum Gasteiger partial charge on any atom is -0.256 e. The number of halogens is 1. The van der Waals surface area contributed by atoms with Crippen LogP contribution in [0.4, 0.5) is 4.39 Å². The third-order valence-corrected chi connectivity index (χ3v) is 5.57. The van der Waals surface area contributed by atoms with Crippen molar-refractivity contribution in [3.05, 3.63) is 77.7 Å². The first-order valence-electron chi connectivity index (χ1n) is 7.46. The number of pyridine rings is 1. The van der Waals surface area contributed by atoms with E-state index in [0.717, 1.165) is 16.5 Å². The molecule has 0 aliphatic heterocycles. The molecule has 0 N–H and O–H groups in total. The fraction of sp³-hybridized carbons (Fsp3) is 0.167. The summed E-state index contributed by atoms with van der Waals surface area (Å²) in [6.07, 6.45) is 1.69. The lowest BCUT2D eigenvalue weighted by atomic mass is 10.1. The summed E-state index contributed by atoms with van der Waals surface area (Å²) in [4.78, 5) is 4.35. The van der Waals surface area contributed by atoms with E-state index >= 15 is 0 Å². The van der Waals surface area contributed by atoms with Gasteiger partial charge in [0.15, 0.2) is 0 Å². The van der Waals surface area contributed by atoms with Crippen molar-refractivity contribution >= 4 is 20.9 Å². The van der Waals surface area contributed by atoms with Gasteiger partial charge in [-0.3, -0.25) is 4.98 Å². The first-order chi connectivity index (χ1) is 11.4. The van der Waals surface area contributed by atoms with E-state index in [1.54, 1.807) is 6.20 Å². The maximum Gasteiger partial charge on any atom is 0.218 e. The molecule has 1 heterocycles. The van der Waals surface area contributed by atoms with Crippen molar-refractivity contribution in [1.29, 1.82) is 0 Å². The second kappa shape index (κ2) is 6.67. The summed E-state index contributed by atoms with van der Waals surface area (Å²) in [6.45, 7) is 0.237. The summed E-state index contributed by atoms with van der Waals surface area (Å²) in [5.41, 5.74) is 2.25. The van der Waals surface area contributed by atoms with Crippen LogP contribution >= 0.6 is 0 Å². The molecule has 0 unspecified atom stereocenters. The summed E-state index contributed by atoms with van der Waals surface area (Å²) in [6, 6.07) is 15.1. The van der Waals surface area contributed by atoms with Gasteiger partial charge in [-0.1, -0.05) is 30.3 Å². The third kappa shape index (κ3) is 3.77. The Kier molecular flexibility index (Phi) is 4.59. The van der Waals surface area contributed by atoms with Crippen LogP contribution < -0.4 is 0 Å². The van der Waals surface area contributed by atoms with Gasteiger partial charge in [0, 0.05) is 25.2 Å². The molecule has 24 heavy (non-hydrogen) atoms. The molecule has 0 fully saturated rings. The van der Waals surface area contributed by atoms with Crippen LogP contribution in [0.5, 0.6) is 0 Å². The Bertz CT molecular complexity index is 956. The van der Waals surface area contributed by atoms with Crippen molar-refractivity contribution < 1.29 is 12.8 Å². The van der Waals surface area contributed by atoms with E-state index in [4.69, 9.17) is 0 Å². The first kappa shape index (κ1) is 16.5. The summed E-state index contributed by atoms with van der Waals surface area (Å²) in [5, 5.41) is 0.972.